The molecule has 0 radical (unpaired) electrons. The van der Waals surface area contributed by atoms with Crippen molar-refractivity contribution in [1.29, 1.82) is 0 Å². The van der Waals surface area contributed by atoms with Crippen molar-refractivity contribution in [3.63, 3.8) is 0 Å². The number of aliphatic hydroxyl groups excluding tert-OH is 1. The Kier molecular flexibility index (Phi) is 5.12. The summed E-state index contributed by atoms with van der Waals surface area (Å²) in [6.07, 6.45) is 11.2. The number of hydrogen-bond donors (Lipinski definition) is 3. The minimum atomic E-state index is -0.0473. The van der Waals surface area contributed by atoms with Crippen LogP contribution in [0.1, 0.15) is 71.8 Å². The molecule has 0 saturated heterocycles. The largest absolute Gasteiger partial charge is 0.394 e. The summed E-state index contributed by atoms with van der Waals surface area (Å²) in [6.45, 7) is 7.38. The Morgan fingerprint density at radius 2 is 1.80 bits per heavy atom. The lowest BCUT2D eigenvalue weighted by Crippen LogP contribution is -2.49. The van der Waals surface area contributed by atoms with E-state index in [0.29, 0.717) is 11.4 Å². The number of fused-ring (bicyclic) bond motifs is 1. The quantitative estimate of drug-likeness (QED) is 0.602. The summed E-state index contributed by atoms with van der Waals surface area (Å²) in [5, 5.41) is 16.6. The first kappa shape index (κ1) is 20.0. The third kappa shape index (κ3) is 3.55. The normalized spacial score (nSPS) is 30.9. The second-order valence-corrected chi connectivity index (χ2v) is 10.5. The molecular weight excluding hydrogens is 376 g/mol. The highest BCUT2D eigenvalue weighted by atomic mass is 16.3. The molecule has 30 heavy (non-hydrogen) atoms. The molecule has 6 rings (SSSR count). The number of aliphatic hydroxyl groups is 1. The Morgan fingerprint density at radius 3 is 2.37 bits per heavy atom. The standard InChI is InChI=1S/C23H36N6O/c1-4-18(11-30)26-22-27-20(19-21(28-22)29(13-25-19)14(2)3)24-12-23-8-15-5-16(9-23)7-17(6-15)10-23/h13-18,30H,4-12H2,1-3H3,(H2,24,26,27,28). The Bertz CT molecular complexity index is 867. The molecule has 7 nitrogen and oxygen atoms in total. The number of aromatic nitrogens is 4. The number of rotatable bonds is 8. The van der Waals surface area contributed by atoms with Gasteiger partial charge >= 0.3 is 0 Å². The molecule has 0 aromatic carbocycles. The van der Waals surface area contributed by atoms with Crippen LogP contribution in [0.3, 0.4) is 0 Å². The van der Waals surface area contributed by atoms with Gasteiger partial charge in [0.25, 0.3) is 0 Å². The lowest BCUT2D eigenvalue weighted by molar-refractivity contribution is -0.0444. The van der Waals surface area contributed by atoms with E-state index in [1.807, 2.05) is 6.33 Å². The first-order valence-electron chi connectivity index (χ1n) is 11.8. The van der Waals surface area contributed by atoms with Gasteiger partial charge in [0, 0.05) is 12.6 Å². The van der Waals surface area contributed by atoms with Crippen LogP contribution in [0.4, 0.5) is 11.8 Å². The van der Waals surface area contributed by atoms with Crippen molar-refractivity contribution >= 4 is 22.9 Å². The van der Waals surface area contributed by atoms with Crippen LogP contribution in [0.15, 0.2) is 6.33 Å². The molecule has 0 amide bonds. The van der Waals surface area contributed by atoms with E-state index in [1.54, 1.807) is 0 Å². The monoisotopic (exact) mass is 412 g/mol. The second kappa shape index (κ2) is 7.66. The van der Waals surface area contributed by atoms with Gasteiger partial charge in [-0.25, -0.2) is 4.98 Å². The summed E-state index contributed by atoms with van der Waals surface area (Å²) < 4.78 is 2.10. The van der Waals surface area contributed by atoms with Crippen molar-refractivity contribution in [3.8, 4) is 0 Å². The predicted molar refractivity (Wildman–Crippen MR) is 120 cm³/mol. The molecule has 4 aliphatic rings. The van der Waals surface area contributed by atoms with E-state index in [9.17, 15) is 5.11 Å². The fourth-order valence-electron chi connectivity index (χ4n) is 6.72. The molecule has 164 valence electrons. The molecule has 3 N–H and O–H groups in total. The molecule has 2 aromatic heterocycles. The third-order valence-corrected chi connectivity index (χ3v) is 7.82. The van der Waals surface area contributed by atoms with Crippen molar-refractivity contribution in [2.75, 3.05) is 23.8 Å². The number of imidazole rings is 1. The molecule has 1 unspecified atom stereocenters. The van der Waals surface area contributed by atoms with E-state index in [0.717, 1.165) is 47.7 Å². The minimum absolute atomic E-state index is 0.0473. The zero-order chi connectivity index (χ0) is 20.9. The summed E-state index contributed by atoms with van der Waals surface area (Å²) in [5.74, 6) is 4.21. The molecule has 0 spiro atoms. The first-order chi connectivity index (χ1) is 14.5. The maximum atomic E-state index is 9.62. The summed E-state index contributed by atoms with van der Waals surface area (Å²) in [7, 11) is 0. The molecule has 4 saturated carbocycles. The SMILES string of the molecule is CCC(CO)Nc1nc(NCC23CC4CC(CC(C4)C2)C3)c2ncn(C(C)C)c2n1. The number of hydrogen-bond acceptors (Lipinski definition) is 6. The lowest BCUT2D eigenvalue weighted by Gasteiger charge is -2.57. The Balaban J connectivity index is 1.44. The van der Waals surface area contributed by atoms with Gasteiger partial charge in [-0.1, -0.05) is 6.92 Å². The van der Waals surface area contributed by atoms with Gasteiger partial charge in [-0.3, -0.25) is 0 Å². The van der Waals surface area contributed by atoms with Crippen LogP contribution in [0.5, 0.6) is 0 Å². The van der Waals surface area contributed by atoms with Crippen molar-refractivity contribution in [2.24, 2.45) is 23.2 Å². The van der Waals surface area contributed by atoms with E-state index >= 15 is 0 Å². The maximum Gasteiger partial charge on any atom is 0.227 e. The van der Waals surface area contributed by atoms with Gasteiger partial charge < -0.3 is 20.3 Å². The molecule has 1 atom stereocenters. The Morgan fingerprint density at radius 1 is 1.13 bits per heavy atom. The molecule has 4 bridgehead atoms. The van der Waals surface area contributed by atoms with Crippen molar-refractivity contribution in [2.45, 2.75) is 77.8 Å². The molecule has 2 heterocycles. The number of nitrogens with zero attached hydrogens (tertiary/aromatic N) is 4. The van der Waals surface area contributed by atoms with Crippen LogP contribution in [-0.2, 0) is 0 Å². The topological polar surface area (TPSA) is 87.9 Å². The summed E-state index contributed by atoms with van der Waals surface area (Å²) in [5.41, 5.74) is 2.12. The Labute approximate surface area is 179 Å². The molecule has 4 fully saturated rings. The summed E-state index contributed by atoms with van der Waals surface area (Å²) in [4.78, 5) is 14.2. The van der Waals surface area contributed by atoms with E-state index in [2.05, 4.69) is 41.0 Å². The summed E-state index contributed by atoms with van der Waals surface area (Å²) >= 11 is 0. The van der Waals surface area contributed by atoms with Crippen LogP contribution in [0.2, 0.25) is 0 Å². The van der Waals surface area contributed by atoms with Crippen molar-refractivity contribution < 1.29 is 5.11 Å². The van der Waals surface area contributed by atoms with Crippen LogP contribution < -0.4 is 10.6 Å². The van der Waals surface area contributed by atoms with Gasteiger partial charge in [0.2, 0.25) is 5.95 Å². The zero-order valence-corrected chi connectivity index (χ0v) is 18.6. The molecule has 0 aliphatic heterocycles. The fourth-order valence-corrected chi connectivity index (χ4v) is 6.72. The van der Waals surface area contributed by atoms with E-state index in [1.165, 1.54) is 38.5 Å². The van der Waals surface area contributed by atoms with E-state index < -0.39 is 0 Å². The van der Waals surface area contributed by atoms with Gasteiger partial charge in [0.15, 0.2) is 17.0 Å². The second-order valence-electron chi connectivity index (χ2n) is 10.5. The highest BCUT2D eigenvalue weighted by molar-refractivity contribution is 5.84. The minimum Gasteiger partial charge on any atom is -0.394 e. The highest BCUT2D eigenvalue weighted by Gasteiger charge is 2.50. The predicted octanol–water partition coefficient (Wildman–Crippen LogP) is 4.22. The molecule has 2 aromatic rings. The maximum absolute atomic E-state index is 9.62. The molecule has 4 aliphatic carbocycles. The fraction of sp³-hybridized carbons (Fsp3) is 0.783. The zero-order valence-electron chi connectivity index (χ0n) is 18.6. The average molecular weight is 413 g/mol. The van der Waals surface area contributed by atoms with Crippen LogP contribution in [-0.4, -0.2) is 43.8 Å². The van der Waals surface area contributed by atoms with Crippen molar-refractivity contribution in [1.82, 2.24) is 19.5 Å². The lowest BCUT2D eigenvalue weighted by atomic mass is 9.49. The Hall–Kier alpha value is -1.89. The van der Waals surface area contributed by atoms with Gasteiger partial charge in [-0.2, -0.15) is 9.97 Å². The van der Waals surface area contributed by atoms with E-state index in [-0.39, 0.29) is 18.7 Å². The van der Waals surface area contributed by atoms with Gasteiger partial charge in [0.1, 0.15) is 0 Å². The molecule has 7 heteroatoms. The van der Waals surface area contributed by atoms with Crippen LogP contribution in [0, 0.1) is 23.2 Å². The third-order valence-electron chi connectivity index (χ3n) is 7.82. The van der Waals surface area contributed by atoms with Gasteiger partial charge in [-0.05, 0) is 82.0 Å². The average Bonchev–Trinajstić information content (AvgIpc) is 3.13. The summed E-state index contributed by atoms with van der Waals surface area (Å²) in [6, 6.07) is 0.224. The van der Waals surface area contributed by atoms with Crippen molar-refractivity contribution in [3.05, 3.63) is 6.33 Å². The smallest absolute Gasteiger partial charge is 0.227 e. The van der Waals surface area contributed by atoms with E-state index in [4.69, 9.17) is 9.97 Å². The molecular formula is C23H36N6O. The van der Waals surface area contributed by atoms with Crippen LogP contribution in [0.25, 0.3) is 11.2 Å². The first-order valence-corrected chi connectivity index (χ1v) is 11.8. The van der Waals surface area contributed by atoms with Gasteiger partial charge in [0.05, 0.1) is 19.0 Å². The van der Waals surface area contributed by atoms with Gasteiger partial charge in [-0.15, -0.1) is 0 Å². The van der Waals surface area contributed by atoms with Crippen LogP contribution >= 0.6 is 0 Å². The number of nitrogens with one attached hydrogen (secondary N) is 2. The number of anilines is 2. The highest BCUT2D eigenvalue weighted by Crippen LogP contribution is 2.59.